The van der Waals surface area contributed by atoms with Gasteiger partial charge in [0.05, 0.1) is 6.26 Å². The maximum absolute atomic E-state index is 10.6. The summed E-state index contributed by atoms with van der Waals surface area (Å²) in [6.07, 6.45) is 3.42. The lowest BCUT2D eigenvalue weighted by Crippen LogP contribution is -2.29. The zero-order valence-electron chi connectivity index (χ0n) is 6.38. The molecule has 1 unspecified atom stereocenters. The van der Waals surface area contributed by atoms with Crippen LogP contribution in [0.3, 0.4) is 0 Å². The molecule has 1 fully saturated rings. The van der Waals surface area contributed by atoms with Crippen molar-refractivity contribution in [1.29, 1.82) is 0 Å². The van der Waals surface area contributed by atoms with Crippen LogP contribution in [0.1, 0.15) is 12.8 Å². The predicted molar refractivity (Wildman–Crippen MR) is 45.2 cm³/mol. The van der Waals surface area contributed by atoms with E-state index in [1.165, 1.54) is 0 Å². The van der Waals surface area contributed by atoms with Crippen LogP contribution in [-0.4, -0.2) is 26.6 Å². The molecule has 5 heteroatoms. The standard InChI is InChI=1S/C6H12ClNO2S/c1-11(9,10)8-4-6(7)5-2-3-5/h5-6,8H,2-4H2,1H3. The first-order valence-electron chi connectivity index (χ1n) is 3.58. The molecule has 0 heterocycles. The summed E-state index contributed by atoms with van der Waals surface area (Å²) in [7, 11) is -3.06. The average Bonchev–Trinajstić information content (AvgIpc) is 2.61. The van der Waals surface area contributed by atoms with Crippen molar-refractivity contribution in [1.82, 2.24) is 4.72 Å². The van der Waals surface area contributed by atoms with E-state index in [2.05, 4.69) is 4.72 Å². The van der Waals surface area contributed by atoms with E-state index >= 15 is 0 Å². The molecule has 1 saturated carbocycles. The smallest absolute Gasteiger partial charge is 0.208 e. The van der Waals surface area contributed by atoms with Crippen LogP contribution in [0, 0.1) is 5.92 Å². The summed E-state index contributed by atoms with van der Waals surface area (Å²) in [6.45, 7) is 0.366. The lowest BCUT2D eigenvalue weighted by molar-refractivity contribution is 0.582. The van der Waals surface area contributed by atoms with Gasteiger partial charge < -0.3 is 0 Å². The Kier molecular flexibility index (Phi) is 2.78. The van der Waals surface area contributed by atoms with Gasteiger partial charge in [0.1, 0.15) is 0 Å². The monoisotopic (exact) mass is 197 g/mol. The Hall–Kier alpha value is 0.200. The van der Waals surface area contributed by atoms with E-state index < -0.39 is 10.0 Å². The zero-order chi connectivity index (χ0) is 8.48. The van der Waals surface area contributed by atoms with Crippen LogP contribution >= 0.6 is 11.6 Å². The van der Waals surface area contributed by atoms with Crippen molar-refractivity contribution in [3.05, 3.63) is 0 Å². The molecule has 0 aromatic heterocycles. The molecule has 0 saturated heterocycles. The molecule has 1 aliphatic rings. The van der Waals surface area contributed by atoms with Gasteiger partial charge in [-0.05, 0) is 18.8 Å². The normalized spacial score (nSPS) is 21.6. The lowest BCUT2D eigenvalue weighted by Gasteiger charge is -2.06. The first-order valence-corrected chi connectivity index (χ1v) is 5.90. The van der Waals surface area contributed by atoms with Crippen molar-refractivity contribution < 1.29 is 8.42 Å². The van der Waals surface area contributed by atoms with Crippen LogP contribution in [0.4, 0.5) is 0 Å². The number of rotatable bonds is 4. The number of halogens is 1. The number of sulfonamides is 1. The Bertz CT molecular complexity index is 223. The molecule has 0 aliphatic heterocycles. The molecule has 0 aromatic rings. The quantitative estimate of drug-likeness (QED) is 0.670. The second-order valence-corrected chi connectivity index (χ2v) is 5.37. The van der Waals surface area contributed by atoms with Gasteiger partial charge >= 0.3 is 0 Å². The fourth-order valence-electron chi connectivity index (χ4n) is 0.856. The minimum Gasteiger partial charge on any atom is -0.214 e. The van der Waals surface area contributed by atoms with Crippen molar-refractivity contribution in [2.75, 3.05) is 12.8 Å². The van der Waals surface area contributed by atoms with E-state index in [0.29, 0.717) is 12.5 Å². The van der Waals surface area contributed by atoms with Crippen LogP contribution < -0.4 is 4.72 Å². The van der Waals surface area contributed by atoms with Crippen LogP contribution in [0.2, 0.25) is 0 Å². The molecular formula is C6H12ClNO2S. The molecule has 3 nitrogen and oxygen atoms in total. The summed E-state index contributed by atoms with van der Waals surface area (Å²) in [5.41, 5.74) is 0. The molecule has 1 atom stereocenters. The Morgan fingerprint density at radius 3 is 2.55 bits per heavy atom. The molecule has 11 heavy (non-hydrogen) atoms. The molecule has 0 radical (unpaired) electrons. The van der Waals surface area contributed by atoms with Crippen LogP contribution in [0.25, 0.3) is 0 Å². The molecule has 0 amide bonds. The molecule has 1 aliphatic carbocycles. The fourth-order valence-corrected chi connectivity index (χ4v) is 1.76. The van der Waals surface area contributed by atoms with Gasteiger partial charge in [0.25, 0.3) is 0 Å². The third-order valence-electron chi connectivity index (χ3n) is 1.67. The van der Waals surface area contributed by atoms with Crippen LogP contribution in [0.5, 0.6) is 0 Å². The van der Waals surface area contributed by atoms with Gasteiger partial charge in [0, 0.05) is 11.9 Å². The minimum atomic E-state index is -3.06. The molecule has 0 bridgehead atoms. The first kappa shape index (κ1) is 9.29. The Labute approximate surface area is 72.2 Å². The summed E-state index contributed by atoms with van der Waals surface area (Å²) >= 11 is 5.86. The second-order valence-electron chi connectivity index (χ2n) is 2.97. The molecule has 0 spiro atoms. The Morgan fingerprint density at radius 2 is 2.18 bits per heavy atom. The van der Waals surface area contributed by atoms with E-state index in [1.807, 2.05) is 0 Å². The van der Waals surface area contributed by atoms with Crippen molar-refractivity contribution >= 4 is 21.6 Å². The minimum absolute atomic E-state index is 0.0234. The highest BCUT2D eigenvalue weighted by Gasteiger charge is 2.29. The zero-order valence-corrected chi connectivity index (χ0v) is 7.95. The van der Waals surface area contributed by atoms with Gasteiger partial charge in [0.15, 0.2) is 0 Å². The second kappa shape index (κ2) is 3.29. The van der Waals surface area contributed by atoms with Crippen LogP contribution in [0.15, 0.2) is 0 Å². The summed E-state index contributed by atoms with van der Waals surface area (Å²) in [6, 6.07) is 0. The van der Waals surface area contributed by atoms with Crippen LogP contribution in [-0.2, 0) is 10.0 Å². The maximum Gasteiger partial charge on any atom is 0.208 e. The van der Waals surface area contributed by atoms with Crippen molar-refractivity contribution in [2.45, 2.75) is 18.2 Å². The Morgan fingerprint density at radius 1 is 1.64 bits per heavy atom. The van der Waals surface area contributed by atoms with E-state index in [9.17, 15) is 8.42 Å². The van der Waals surface area contributed by atoms with E-state index in [4.69, 9.17) is 11.6 Å². The summed E-state index contributed by atoms with van der Waals surface area (Å²) in [5.74, 6) is 0.533. The molecule has 1 N–H and O–H groups in total. The largest absolute Gasteiger partial charge is 0.214 e. The average molecular weight is 198 g/mol. The van der Waals surface area contributed by atoms with E-state index in [0.717, 1.165) is 19.1 Å². The maximum atomic E-state index is 10.6. The molecule has 1 rings (SSSR count). The Balaban J connectivity index is 2.21. The van der Waals surface area contributed by atoms with Crippen molar-refractivity contribution in [3.8, 4) is 0 Å². The van der Waals surface area contributed by atoms with Gasteiger partial charge in [-0.15, -0.1) is 11.6 Å². The van der Waals surface area contributed by atoms with Gasteiger partial charge in [0.2, 0.25) is 10.0 Å². The highest BCUT2D eigenvalue weighted by molar-refractivity contribution is 7.88. The number of hydrogen-bond acceptors (Lipinski definition) is 2. The topological polar surface area (TPSA) is 46.2 Å². The number of nitrogens with one attached hydrogen (secondary N) is 1. The number of hydrogen-bond donors (Lipinski definition) is 1. The summed E-state index contributed by atoms with van der Waals surface area (Å²) in [4.78, 5) is 0. The summed E-state index contributed by atoms with van der Waals surface area (Å²) in [5, 5.41) is -0.0234. The highest BCUT2D eigenvalue weighted by Crippen LogP contribution is 2.35. The first-order chi connectivity index (χ1) is 4.99. The van der Waals surface area contributed by atoms with Gasteiger partial charge in [-0.1, -0.05) is 0 Å². The molecule has 66 valence electrons. The third kappa shape index (κ3) is 3.94. The van der Waals surface area contributed by atoms with E-state index in [1.54, 1.807) is 0 Å². The van der Waals surface area contributed by atoms with Gasteiger partial charge in [-0.25, -0.2) is 13.1 Å². The van der Waals surface area contributed by atoms with Gasteiger partial charge in [-0.2, -0.15) is 0 Å². The van der Waals surface area contributed by atoms with Crippen molar-refractivity contribution in [3.63, 3.8) is 0 Å². The van der Waals surface area contributed by atoms with Crippen molar-refractivity contribution in [2.24, 2.45) is 5.92 Å². The molecular weight excluding hydrogens is 186 g/mol. The number of alkyl halides is 1. The van der Waals surface area contributed by atoms with Gasteiger partial charge in [-0.3, -0.25) is 0 Å². The third-order valence-corrected chi connectivity index (χ3v) is 2.88. The predicted octanol–water partition coefficient (Wildman–Crippen LogP) is 0.553. The summed E-state index contributed by atoms with van der Waals surface area (Å²) < 4.78 is 23.6. The highest BCUT2D eigenvalue weighted by atomic mass is 35.5. The lowest BCUT2D eigenvalue weighted by atomic mass is 10.3. The SMILES string of the molecule is CS(=O)(=O)NCC(Cl)C1CC1. The fraction of sp³-hybridized carbons (Fsp3) is 1.00. The van der Waals surface area contributed by atoms with E-state index in [-0.39, 0.29) is 5.38 Å². The molecule has 0 aromatic carbocycles.